The maximum Gasteiger partial charge on any atom is 0.255 e. The van der Waals surface area contributed by atoms with Crippen molar-refractivity contribution in [2.45, 2.75) is 19.4 Å². The average Bonchev–Trinajstić information content (AvgIpc) is 3.01. The number of nitrogens with two attached hydrogens (primary N) is 1. The lowest BCUT2D eigenvalue weighted by molar-refractivity contribution is 0.336. The summed E-state index contributed by atoms with van der Waals surface area (Å²) in [6, 6.07) is 10.1. The molecule has 0 amide bonds. The molecule has 27 heavy (non-hydrogen) atoms. The van der Waals surface area contributed by atoms with Crippen LogP contribution >= 0.6 is 0 Å². The number of rotatable bonds is 4. The third-order valence-corrected chi connectivity index (χ3v) is 5.11. The number of guanidine groups is 1. The van der Waals surface area contributed by atoms with Crippen molar-refractivity contribution in [3.63, 3.8) is 0 Å². The van der Waals surface area contributed by atoms with Crippen LogP contribution in [0.1, 0.15) is 18.2 Å². The Morgan fingerprint density at radius 3 is 2.70 bits per heavy atom. The highest BCUT2D eigenvalue weighted by molar-refractivity contribution is 5.79. The van der Waals surface area contributed by atoms with Gasteiger partial charge in [0.05, 0.1) is 18.3 Å². The summed E-state index contributed by atoms with van der Waals surface area (Å²) in [4.78, 5) is 14.7. The van der Waals surface area contributed by atoms with E-state index in [2.05, 4.69) is 39.3 Å². The van der Waals surface area contributed by atoms with Crippen LogP contribution in [0.3, 0.4) is 0 Å². The van der Waals surface area contributed by atoms with Gasteiger partial charge in [-0.15, -0.1) is 0 Å². The molecule has 1 aromatic carbocycles. The maximum atomic E-state index is 14.1. The highest BCUT2D eigenvalue weighted by Gasteiger charge is 2.47. The van der Waals surface area contributed by atoms with Gasteiger partial charge in [-0.25, -0.2) is 4.98 Å². The fourth-order valence-electron chi connectivity index (χ4n) is 3.59. The number of nitrogens with one attached hydrogen (secondary N) is 1. The molecule has 1 saturated heterocycles. The minimum atomic E-state index is -0.539. The number of methoxy groups -OCH3 is 1. The van der Waals surface area contributed by atoms with E-state index < -0.39 is 11.4 Å². The molecule has 3 rings (SSSR count). The van der Waals surface area contributed by atoms with E-state index in [4.69, 9.17) is 10.5 Å². The molecule has 2 aromatic rings. The van der Waals surface area contributed by atoms with Crippen molar-refractivity contribution >= 4 is 11.9 Å². The van der Waals surface area contributed by atoms with Crippen molar-refractivity contribution in [1.82, 2.24) is 15.3 Å². The Labute approximate surface area is 158 Å². The third kappa shape index (κ3) is 3.39. The number of hydrogen-bond acceptors (Lipinski definition) is 5. The minimum absolute atomic E-state index is 0.0510. The van der Waals surface area contributed by atoms with Gasteiger partial charge in [0.2, 0.25) is 11.8 Å². The average molecular weight is 372 g/mol. The van der Waals surface area contributed by atoms with Gasteiger partial charge in [0.25, 0.3) is 5.88 Å². The summed E-state index contributed by atoms with van der Waals surface area (Å²) < 4.78 is 19.1. The van der Waals surface area contributed by atoms with Gasteiger partial charge < -0.3 is 20.7 Å². The molecule has 1 aromatic heterocycles. The third-order valence-electron chi connectivity index (χ3n) is 5.11. The van der Waals surface area contributed by atoms with Crippen LogP contribution in [0.4, 0.5) is 10.3 Å². The predicted octanol–water partition coefficient (Wildman–Crippen LogP) is 1.82. The largest absolute Gasteiger partial charge is 0.479 e. The van der Waals surface area contributed by atoms with E-state index in [-0.39, 0.29) is 17.5 Å². The van der Waals surface area contributed by atoms with Gasteiger partial charge in [-0.05, 0) is 12.5 Å². The Morgan fingerprint density at radius 2 is 2.07 bits per heavy atom. The number of hydrogen-bond donors (Lipinski definition) is 2. The molecule has 8 heteroatoms. The second kappa shape index (κ2) is 7.38. The summed E-state index contributed by atoms with van der Waals surface area (Å²) in [5, 5.41) is 3.39. The van der Waals surface area contributed by atoms with Crippen LogP contribution in [0.5, 0.6) is 5.88 Å². The number of halogens is 1. The Balaban J connectivity index is 2.02. The fourth-order valence-corrected chi connectivity index (χ4v) is 3.59. The van der Waals surface area contributed by atoms with Crippen LogP contribution in [0.2, 0.25) is 0 Å². The van der Waals surface area contributed by atoms with Gasteiger partial charge in [0.1, 0.15) is 0 Å². The fraction of sp³-hybridized carbons (Fsp3) is 0.421. The Hall–Kier alpha value is -2.90. The molecule has 0 bridgehead atoms. The molecule has 1 aliphatic rings. The highest BCUT2D eigenvalue weighted by atomic mass is 19.1. The molecular formula is C19H25FN6O. The Bertz CT molecular complexity index is 844. The summed E-state index contributed by atoms with van der Waals surface area (Å²) >= 11 is 0. The van der Waals surface area contributed by atoms with Crippen molar-refractivity contribution in [3.05, 3.63) is 47.4 Å². The van der Waals surface area contributed by atoms with Crippen molar-refractivity contribution in [2.75, 3.05) is 32.1 Å². The molecule has 0 unspecified atom stereocenters. The van der Waals surface area contributed by atoms with Crippen molar-refractivity contribution in [2.24, 2.45) is 16.6 Å². The van der Waals surface area contributed by atoms with Gasteiger partial charge in [0, 0.05) is 26.1 Å². The molecular weight excluding hydrogens is 347 g/mol. The first-order chi connectivity index (χ1) is 12.9. The van der Waals surface area contributed by atoms with Gasteiger partial charge in [-0.2, -0.15) is 9.37 Å². The van der Waals surface area contributed by atoms with Crippen molar-refractivity contribution < 1.29 is 9.13 Å². The van der Waals surface area contributed by atoms with Crippen molar-refractivity contribution in [1.29, 1.82) is 0 Å². The van der Waals surface area contributed by atoms with E-state index in [0.717, 1.165) is 5.56 Å². The zero-order chi connectivity index (χ0) is 19.6. The molecule has 3 N–H and O–H groups in total. The lowest BCUT2D eigenvalue weighted by Gasteiger charge is -2.35. The SMILES string of the molecule is CN=C(N)N[C@@]1(c2ccccc2)CN(c2nc(C)c(F)c(OC)n2)C[C@H]1C. The number of aliphatic imine (C=N–C) groups is 1. The van der Waals surface area contributed by atoms with Crippen molar-refractivity contribution in [3.8, 4) is 5.88 Å². The molecule has 0 radical (unpaired) electrons. The second-order valence-corrected chi connectivity index (χ2v) is 6.79. The minimum Gasteiger partial charge on any atom is -0.479 e. The normalized spacial score (nSPS) is 22.8. The first kappa shape index (κ1) is 18.9. The predicted molar refractivity (Wildman–Crippen MR) is 103 cm³/mol. The Morgan fingerprint density at radius 1 is 1.37 bits per heavy atom. The molecule has 2 heterocycles. The van der Waals surface area contributed by atoms with Crippen LogP contribution in [-0.2, 0) is 5.54 Å². The molecule has 0 spiro atoms. The summed E-state index contributed by atoms with van der Waals surface area (Å²) in [5.74, 6) is 0.374. The summed E-state index contributed by atoms with van der Waals surface area (Å²) in [6.07, 6.45) is 0. The maximum absolute atomic E-state index is 14.1. The van der Waals surface area contributed by atoms with Crippen LogP contribution in [0.25, 0.3) is 0 Å². The van der Waals surface area contributed by atoms with Crippen LogP contribution < -0.4 is 20.7 Å². The Kier molecular flexibility index (Phi) is 5.16. The monoisotopic (exact) mass is 372 g/mol. The van der Waals surface area contributed by atoms with E-state index >= 15 is 0 Å². The molecule has 144 valence electrons. The van der Waals surface area contributed by atoms with Gasteiger partial charge in [-0.1, -0.05) is 37.3 Å². The number of nitrogens with zero attached hydrogens (tertiary/aromatic N) is 4. The summed E-state index contributed by atoms with van der Waals surface area (Å²) in [7, 11) is 3.05. The van der Waals surface area contributed by atoms with E-state index in [0.29, 0.717) is 25.0 Å². The van der Waals surface area contributed by atoms with Crippen LogP contribution in [0.15, 0.2) is 35.3 Å². The molecule has 2 atom stereocenters. The zero-order valence-corrected chi connectivity index (χ0v) is 16.0. The van der Waals surface area contributed by atoms with E-state index in [9.17, 15) is 4.39 Å². The first-order valence-corrected chi connectivity index (χ1v) is 8.80. The molecule has 0 aliphatic carbocycles. The second-order valence-electron chi connectivity index (χ2n) is 6.79. The van der Waals surface area contributed by atoms with Crippen LogP contribution in [-0.4, -0.2) is 43.2 Å². The van der Waals surface area contributed by atoms with Gasteiger partial charge in [-0.3, -0.25) is 4.99 Å². The number of ether oxygens (including phenoxy) is 1. The molecule has 0 saturated carbocycles. The number of aryl methyl sites for hydroxylation is 1. The van der Waals surface area contributed by atoms with Gasteiger partial charge in [0.15, 0.2) is 5.96 Å². The topological polar surface area (TPSA) is 88.7 Å². The number of benzene rings is 1. The first-order valence-electron chi connectivity index (χ1n) is 8.80. The zero-order valence-electron chi connectivity index (χ0n) is 16.0. The van der Waals surface area contributed by atoms with E-state index in [1.807, 2.05) is 23.1 Å². The lowest BCUT2D eigenvalue weighted by atomic mass is 9.81. The molecule has 7 nitrogen and oxygen atoms in total. The van der Waals surface area contributed by atoms with E-state index in [1.54, 1.807) is 14.0 Å². The standard InChI is InChI=1S/C19H25FN6O/c1-12-10-26(18-23-13(2)15(20)16(24-18)27-4)11-19(12,25-17(21)22-3)14-8-6-5-7-9-14/h5-9,12H,10-11H2,1-4H3,(H3,21,22,25)/t12-,19+/m1/s1. The molecule has 1 fully saturated rings. The number of anilines is 1. The smallest absolute Gasteiger partial charge is 0.255 e. The lowest BCUT2D eigenvalue weighted by Crippen LogP contribution is -2.53. The molecule has 1 aliphatic heterocycles. The van der Waals surface area contributed by atoms with Gasteiger partial charge >= 0.3 is 0 Å². The van der Waals surface area contributed by atoms with Crippen LogP contribution in [0, 0.1) is 18.7 Å². The van der Waals surface area contributed by atoms with E-state index in [1.165, 1.54) is 7.11 Å². The highest BCUT2D eigenvalue weighted by Crippen LogP contribution is 2.38. The number of aromatic nitrogens is 2. The summed E-state index contributed by atoms with van der Waals surface area (Å²) in [5.41, 5.74) is 6.91. The summed E-state index contributed by atoms with van der Waals surface area (Å²) in [6.45, 7) is 4.97. The quantitative estimate of drug-likeness (QED) is 0.629.